The van der Waals surface area contributed by atoms with Crippen LogP contribution in [0.4, 0.5) is 0 Å². The Labute approximate surface area is 56.1 Å². The number of halogens is 1. The molecular weight excluding hydrogens is 209 g/mol. The van der Waals surface area contributed by atoms with Crippen molar-refractivity contribution in [3.05, 3.63) is 0 Å². The van der Waals surface area contributed by atoms with Crippen LogP contribution in [0.15, 0.2) is 0 Å². The monoisotopic (exact) mass is 215 g/mol. The molecule has 0 aromatic rings. The first-order valence-corrected chi connectivity index (χ1v) is 2.65. The van der Waals surface area contributed by atoms with Gasteiger partial charge >= 0.3 is 5.97 Å². The largest absolute Gasteiger partial charge is 0.394 e. The Bertz CT molecular complexity index is 66.0. The van der Waals surface area contributed by atoms with Gasteiger partial charge < -0.3 is 8.38 Å². The molecule has 0 aromatic heterocycles. The fraction of sp³-hybridized carbons (Fsp3) is 0.667. The van der Waals surface area contributed by atoms with Gasteiger partial charge in [-0.15, -0.1) is 0 Å². The molecule has 4 heteroatoms. The van der Waals surface area contributed by atoms with Crippen LogP contribution in [0.5, 0.6) is 0 Å². The highest BCUT2D eigenvalue weighted by Gasteiger charge is 1.93. The molecule has 0 spiro atoms. The number of hydrogen-bond acceptors (Lipinski definition) is 3. The molecule has 0 unspecified atom stereocenters. The zero-order valence-corrected chi connectivity index (χ0v) is 6.06. The smallest absolute Gasteiger partial charge is 0.329 e. The summed E-state index contributed by atoms with van der Waals surface area (Å²) >= 11 is 1.55. The van der Waals surface area contributed by atoms with Crippen molar-refractivity contribution in [3.8, 4) is 0 Å². The topological polar surface area (TPSA) is 38.3 Å². The molecule has 0 aliphatic rings. The van der Waals surface area contributed by atoms with E-state index in [9.17, 15) is 4.79 Å². The molecule has 0 saturated carbocycles. The molecule has 0 aliphatic heterocycles. The van der Waals surface area contributed by atoms with E-state index in [-0.39, 0.29) is 12.5 Å². The first-order chi connectivity index (χ1) is 3.31. The van der Waals surface area contributed by atoms with Gasteiger partial charge in [0.15, 0.2) is 23.0 Å². The van der Waals surface area contributed by atoms with E-state index in [1.54, 1.807) is 30.1 Å². The van der Waals surface area contributed by atoms with E-state index in [0.29, 0.717) is 0 Å². The van der Waals surface area contributed by atoms with Gasteiger partial charge in [0.05, 0.1) is 6.54 Å². The summed E-state index contributed by atoms with van der Waals surface area (Å²) in [5, 5.41) is 2.64. The van der Waals surface area contributed by atoms with Crippen molar-refractivity contribution < 1.29 is 7.86 Å². The molecule has 0 amide bonds. The van der Waals surface area contributed by atoms with Crippen LogP contribution >= 0.6 is 23.0 Å². The molecule has 1 N–H and O–H groups in total. The van der Waals surface area contributed by atoms with Gasteiger partial charge in [0.25, 0.3) is 0 Å². The predicted molar refractivity (Wildman–Crippen MR) is 34.0 cm³/mol. The number of hydrogen-bond donors (Lipinski definition) is 1. The average molecular weight is 215 g/mol. The van der Waals surface area contributed by atoms with Crippen molar-refractivity contribution in [2.24, 2.45) is 0 Å². The highest BCUT2D eigenvalue weighted by Crippen LogP contribution is 1.83. The normalized spacial score (nSPS) is 8.29. The number of rotatable bonds is 2. The van der Waals surface area contributed by atoms with Gasteiger partial charge in [0.2, 0.25) is 0 Å². The van der Waals surface area contributed by atoms with Crippen LogP contribution in [-0.4, -0.2) is 19.6 Å². The molecule has 0 rings (SSSR count). The third kappa shape index (κ3) is 4.00. The Morgan fingerprint density at radius 2 is 2.57 bits per heavy atom. The van der Waals surface area contributed by atoms with Crippen molar-refractivity contribution >= 4 is 29.0 Å². The molecule has 0 saturated heterocycles. The highest BCUT2D eigenvalue weighted by atomic mass is 127. The van der Waals surface area contributed by atoms with Crippen LogP contribution in [0.1, 0.15) is 0 Å². The average Bonchev–Trinajstić information content (AvgIpc) is 1.68. The van der Waals surface area contributed by atoms with E-state index in [1.807, 2.05) is 0 Å². The summed E-state index contributed by atoms with van der Waals surface area (Å²) < 4.78 is 4.26. The Kier molecular flexibility index (Phi) is 4.42. The van der Waals surface area contributed by atoms with Crippen molar-refractivity contribution in [2.75, 3.05) is 13.6 Å². The molecule has 0 heterocycles. The van der Waals surface area contributed by atoms with Crippen LogP contribution in [0.3, 0.4) is 0 Å². The van der Waals surface area contributed by atoms with Crippen LogP contribution in [0.2, 0.25) is 0 Å². The van der Waals surface area contributed by atoms with Crippen LogP contribution in [0.25, 0.3) is 0 Å². The first-order valence-electron chi connectivity index (χ1n) is 1.77. The fourth-order valence-electron chi connectivity index (χ4n) is 0.172. The second-order valence-electron chi connectivity index (χ2n) is 0.979. The minimum absolute atomic E-state index is 0.247. The maximum atomic E-state index is 10.1. The predicted octanol–water partition coefficient (Wildman–Crippen LogP) is 0.0990. The Balaban J connectivity index is 3.00. The molecule has 0 atom stereocenters. The minimum Gasteiger partial charge on any atom is -0.394 e. The molecule has 0 fully saturated rings. The number of nitrogens with one attached hydrogen (secondary N) is 1. The fourth-order valence-corrected chi connectivity index (χ4v) is 0.327. The number of likely N-dealkylation sites (N-methyl/N-ethyl adjacent to an activating group) is 1. The van der Waals surface area contributed by atoms with E-state index < -0.39 is 0 Å². The zero-order valence-electron chi connectivity index (χ0n) is 3.90. The molecule has 0 radical (unpaired) electrons. The summed E-state index contributed by atoms with van der Waals surface area (Å²) in [5.41, 5.74) is 0. The second kappa shape index (κ2) is 4.32. The van der Waals surface area contributed by atoms with Crippen LogP contribution < -0.4 is 5.32 Å². The molecule has 0 bridgehead atoms. The maximum absolute atomic E-state index is 10.1. The van der Waals surface area contributed by atoms with Gasteiger partial charge in [-0.25, -0.2) is 4.79 Å². The summed E-state index contributed by atoms with van der Waals surface area (Å²) in [7, 11) is 1.69. The molecule has 0 aromatic carbocycles. The lowest BCUT2D eigenvalue weighted by Gasteiger charge is -1.90. The van der Waals surface area contributed by atoms with Crippen LogP contribution in [0, 0.1) is 0 Å². The summed E-state index contributed by atoms with van der Waals surface area (Å²) in [6.07, 6.45) is 0. The highest BCUT2D eigenvalue weighted by molar-refractivity contribution is 14.1. The zero-order chi connectivity index (χ0) is 5.70. The van der Waals surface area contributed by atoms with Gasteiger partial charge in [-0.2, -0.15) is 0 Å². The van der Waals surface area contributed by atoms with E-state index in [0.717, 1.165) is 0 Å². The lowest BCUT2D eigenvalue weighted by Crippen LogP contribution is -2.17. The molecule has 42 valence electrons. The lowest BCUT2D eigenvalue weighted by molar-refractivity contribution is -0.130. The quantitative estimate of drug-likeness (QED) is 0.664. The standard InChI is InChI=1S/C3H6INO2/c1-5-2-3(6)7-4/h5H,2H2,1H3. The molecule has 3 nitrogen and oxygen atoms in total. The van der Waals surface area contributed by atoms with Crippen molar-refractivity contribution in [3.63, 3.8) is 0 Å². The van der Waals surface area contributed by atoms with E-state index >= 15 is 0 Å². The van der Waals surface area contributed by atoms with Gasteiger partial charge in [-0.05, 0) is 7.05 Å². The van der Waals surface area contributed by atoms with Crippen molar-refractivity contribution in [2.45, 2.75) is 0 Å². The summed E-state index contributed by atoms with van der Waals surface area (Å²) in [6, 6.07) is 0. The maximum Gasteiger partial charge on any atom is 0.329 e. The molecule has 0 aliphatic carbocycles. The van der Waals surface area contributed by atoms with E-state index in [4.69, 9.17) is 0 Å². The summed E-state index contributed by atoms with van der Waals surface area (Å²) in [5.74, 6) is -0.247. The third-order valence-corrected chi connectivity index (χ3v) is 0.898. The van der Waals surface area contributed by atoms with Crippen LogP contribution in [-0.2, 0) is 7.86 Å². The van der Waals surface area contributed by atoms with Crippen molar-refractivity contribution in [1.29, 1.82) is 0 Å². The van der Waals surface area contributed by atoms with Gasteiger partial charge in [-0.3, -0.25) is 0 Å². The Morgan fingerprint density at radius 1 is 2.00 bits per heavy atom. The third-order valence-electron chi connectivity index (χ3n) is 0.407. The Morgan fingerprint density at radius 3 is 2.71 bits per heavy atom. The molecular formula is C3H6INO2. The van der Waals surface area contributed by atoms with Gasteiger partial charge in [0, 0.05) is 0 Å². The number of carbonyl (C=O) groups is 1. The van der Waals surface area contributed by atoms with E-state index in [1.165, 1.54) is 0 Å². The minimum atomic E-state index is -0.247. The van der Waals surface area contributed by atoms with E-state index in [2.05, 4.69) is 8.38 Å². The molecule has 7 heavy (non-hydrogen) atoms. The number of carbonyl (C=O) groups excluding carboxylic acids is 1. The van der Waals surface area contributed by atoms with Gasteiger partial charge in [-0.1, -0.05) is 0 Å². The van der Waals surface area contributed by atoms with Crippen molar-refractivity contribution in [1.82, 2.24) is 5.32 Å². The van der Waals surface area contributed by atoms with Gasteiger partial charge in [0.1, 0.15) is 0 Å². The second-order valence-corrected chi connectivity index (χ2v) is 1.42. The Hall–Kier alpha value is 0.160. The first kappa shape index (κ1) is 7.16. The SMILES string of the molecule is CNCC(=O)OI. The summed E-state index contributed by atoms with van der Waals surface area (Å²) in [6.45, 7) is 0.281. The lowest BCUT2D eigenvalue weighted by atomic mass is 10.7. The summed E-state index contributed by atoms with van der Waals surface area (Å²) in [4.78, 5) is 10.1.